The topological polar surface area (TPSA) is 108 Å². The average molecular weight is 267 g/mol. The first-order valence-electron chi connectivity index (χ1n) is 5.10. The van der Waals surface area contributed by atoms with Crippen molar-refractivity contribution >= 4 is 29.1 Å². The molecule has 0 aliphatic carbocycles. The molecule has 0 saturated carbocycles. The molecule has 0 aromatic heterocycles. The Morgan fingerprint density at radius 3 is 2.89 bits per heavy atom. The van der Waals surface area contributed by atoms with Crippen molar-refractivity contribution in [2.75, 3.05) is 5.75 Å². The van der Waals surface area contributed by atoms with Crippen molar-refractivity contribution in [1.29, 1.82) is 0 Å². The van der Waals surface area contributed by atoms with Gasteiger partial charge in [0.2, 0.25) is 0 Å². The van der Waals surface area contributed by atoms with Gasteiger partial charge in [-0.1, -0.05) is 24.8 Å². The van der Waals surface area contributed by atoms with E-state index in [4.69, 9.17) is 10.8 Å². The molecule has 18 heavy (non-hydrogen) atoms. The summed E-state index contributed by atoms with van der Waals surface area (Å²) < 4.78 is 0. The van der Waals surface area contributed by atoms with E-state index < -0.39 is 5.97 Å². The van der Waals surface area contributed by atoms with E-state index >= 15 is 0 Å². The molecule has 1 rings (SSSR count). The van der Waals surface area contributed by atoms with Gasteiger partial charge in [0.25, 0.3) is 0 Å². The second kappa shape index (κ2) is 6.65. The number of aromatic carboxylic acids is 1. The number of para-hydroxylation sites is 1. The first-order valence-corrected chi connectivity index (χ1v) is 6.09. The second-order valence-corrected chi connectivity index (χ2v) is 4.45. The zero-order valence-electron chi connectivity index (χ0n) is 9.70. The third-order valence-corrected chi connectivity index (χ3v) is 2.61. The highest BCUT2D eigenvalue weighted by atomic mass is 32.2. The third kappa shape index (κ3) is 3.77. The Balaban J connectivity index is 2.92. The predicted octanol–water partition coefficient (Wildman–Crippen LogP) is 1.49. The van der Waals surface area contributed by atoms with E-state index in [9.17, 15) is 9.90 Å². The van der Waals surface area contributed by atoms with Crippen molar-refractivity contribution in [3.8, 4) is 5.75 Å². The van der Waals surface area contributed by atoms with Gasteiger partial charge in [-0.2, -0.15) is 5.10 Å². The van der Waals surface area contributed by atoms with Crippen molar-refractivity contribution in [3.05, 3.63) is 29.3 Å². The van der Waals surface area contributed by atoms with Crippen molar-refractivity contribution in [3.63, 3.8) is 0 Å². The lowest BCUT2D eigenvalue weighted by Crippen LogP contribution is -2.05. The fraction of sp³-hybridized carbons (Fsp3) is 0.182. The van der Waals surface area contributed by atoms with Crippen molar-refractivity contribution in [2.24, 2.45) is 15.9 Å². The maximum atomic E-state index is 10.8. The van der Waals surface area contributed by atoms with Gasteiger partial charge in [-0.3, -0.25) is 0 Å². The summed E-state index contributed by atoms with van der Waals surface area (Å²) in [5.41, 5.74) is 5.60. The van der Waals surface area contributed by atoms with Gasteiger partial charge in [0.15, 0.2) is 5.17 Å². The molecule has 6 nitrogen and oxygen atoms in total. The van der Waals surface area contributed by atoms with Crippen LogP contribution in [0, 0.1) is 0 Å². The zero-order valence-corrected chi connectivity index (χ0v) is 10.5. The smallest absolute Gasteiger partial charge is 0.339 e. The molecule has 1 aromatic carbocycles. The van der Waals surface area contributed by atoms with E-state index in [1.807, 2.05) is 6.92 Å². The lowest BCUT2D eigenvalue weighted by Gasteiger charge is -2.01. The minimum Gasteiger partial charge on any atom is -0.506 e. The predicted molar refractivity (Wildman–Crippen MR) is 72.4 cm³/mol. The Kier molecular flexibility index (Phi) is 5.19. The van der Waals surface area contributed by atoms with E-state index in [0.717, 1.165) is 5.75 Å². The van der Waals surface area contributed by atoms with Crippen LogP contribution >= 0.6 is 11.8 Å². The molecule has 0 fully saturated rings. The fourth-order valence-electron chi connectivity index (χ4n) is 1.16. The molecule has 0 atom stereocenters. The van der Waals surface area contributed by atoms with Gasteiger partial charge >= 0.3 is 5.97 Å². The summed E-state index contributed by atoms with van der Waals surface area (Å²) >= 11 is 1.34. The number of phenols is 1. The van der Waals surface area contributed by atoms with Crippen molar-refractivity contribution in [2.45, 2.75) is 6.92 Å². The minimum absolute atomic E-state index is 0.182. The Labute approximate surface area is 108 Å². The van der Waals surface area contributed by atoms with Crippen LogP contribution in [-0.2, 0) is 0 Å². The molecule has 0 amide bonds. The molecule has 0 spiro atoms. The van der Waals surface area contributed by atoms with Gasteiger partial charge in [0.1, 0.15) is 11.3 Å². The first-order chi connectivity index (χ1) is 8.56. The quantitative estimate of drug-likeness (QED) is 0.435. The summed E-state index contributed by atoms with van der Waals surface area (Å²) in [5.74, 6) is -0.761. The maximum Gasteiger partial charge on any atom is 0.339 e. The maximum absolute atomic E-state index is 10.8. The highest BCUT2D eigenvalue weighted by molar-refractivity contribution is 8.13. The van der Waals surface area contributed by atoms with Crippen LogP contribution in [0.15, 0.2) is 28.4 Å². The van der Waals surface area contributed by atoms with Crippen LogP contribution in [0.2, 0.25) is 0 Å². The molecule has 96 valence electrons. The summed E-state index contributed by atoms with van der Waals surface area (Å²) in [6.07, 6.45) is 1.25. The van der Waals surface area contributed by atoms with E-state index in [0.29, 0.717) is 5.17 Å². The van der Waals surface area contributed by atoms with Gasteiger partial charge in [0, 0.05) is 5.56 Å². The number of nitrogens with zero attached hydrogens (tertiary/aromatic N) is 2. The van der Waals surface area contributed by atoms with Crippen LogP contribution < -0.4 is 5.73 Å². The number of carboxylic acid groups (broad SMARTS) is 1. The second-order valence-electron chi connectivity index (χ2n) is 3.16. The standard InChI is InChI=1S/C11H13N3O3S/c1-2-18-11(12)14-13-6-7-4-3-5-8(9(7)15)10(16)17/h3-6,15H,2H2,1H3,(H2,12,14)(H,16,17)/b13-6+. The normalized spacial score (nSPS) is 11.9. The third-order valence-electron chi connectivity index (χ3n) is 1.94. The Hall–Kier alpha value is -2.02. The van der Waals surface area contributed by atoms with Gasteiger partial charge in [-0.15, -0.1) is 5.10 Å². The fourth-order valence-corrected chi connectivity index (χ4v) is 1.56. The Morgan fingerprint density at radius 2 is 2.28 bits per heavy atom. The lowest BCUT2D eigenvalue weighted by molar-refractivity contribution is 0.0693. The lowest BCUT2D eigenvalue weighted by atomic mass is 10.1. The minimum atomic E-state index is -1.20. The van der Waals surface area contributed by atoms with Gasteiger partial charge < -0.3 is 15.9 Å². The monoisotopic (exact) mass is 267 g/mol. The first kappa shape index (κ1) is 14.0. The van der Waals surface area contributed by atoms with Crippen LogP contribution in [0.5, 0.6) is 5.75 Å². The SMILES string of the molecule is CCS/C(N)=N/N=C/c1cccc(C(=O)O)c1O. The zero-order chi connectivity index (χ0) is 13.5. The molecule has 0 saturated heterocycles. The molecule has 4 N–H and O–H groups in total. The number of hydrogen-bond acceptors (Lipinski definition) is 5. The highest BCUT2D eigenvalue weighted by Crippen LogP contribution is 2.20. The molecule has 0 unspecified atom stereocenters. The molecule has 7 heteroatoms. The molecule has 0 radical (unpaired) electrons. The number of amidine groups is 1. The van der Waals surface area contributed by atoms with E-state index in [-0.39, 0.29) is 16.9 Å². The highest BCUT2D eigenvalue weighted by Gasteiger charge is 2.11. The number of carbonyl (C=O) groups is 1. The van der Waals surface area contributed by atoms with Gasteiger partial charge in [-0.25, -0.2) is 4.79 Å². The number of aromatic hydroxyl groups is 1. The summed E-state index contributed by atoms with van der Waals surface area (Å²) in [7, 11) is 0. The van der Waals surface area contributed by atoms with Crippen LogP contribution in [0.3, 0.4) is 0 Å². The van der Waals surface area contributed by atoms with Crippen LogP contribution in [-0.4, -0.2) is 33.3 Å². The summed E-state index contributed by atoms with van der Waals surface area (Å²) in [6, 6.07) is 4.35. The number of carboxylic acids is 1. The molecule has 0 bridgehead atoms. The van der Waals surface area contributed by atoms with Crippen LogP contribution in [0.4, 0.5) is 0 Å². The molecule has 0 aliphatic rings. The molecular weight excluding hydrogens is 254 g/mol. The van der Waals surface area contributed by atoms with Crippen molar-refractivity contribution < 1.29 is 15.0 Å². The Bertz CT molecular complexity index is 500. The number of nitrogens with two attached hydrogens (primary N) is 1. The number of benzene rings is 1. The van der Waals surface area contributed by atoms with E-state index in [1.165, 1.54) is 36.2 Å². The van der Waals surface area contributed by atoms with Gasteiger partial charge in [-0.05, 0) is 17.9 Å². The van der Waals surface area contributed by atoms with Crippen LogP contribution in [0.25, 0.3) is 0 Å². The van der Waals surface area contributed by atoms with E-state index in [1.54, 1.807) is 0 Å². The van der Waals surface area contributed by atoms with Crippen LogP contribution in [0.1, 0.15) is 22.8 Å². The summed E-state index contributed by atoms with van der Waals surface area (Å²) in [5, 5.41) is 26.2. The average Bonchev–Trinajstić information content (AvgIpc) is 2.31. The van der Waals surface area contributed by atoms with Crippen molar-refractivity contribution in [1.82, 2.24) is 0 Å². The summed E-state index contributed by atoms with van der Waals surface area (Å²) in [6.45, 7) is 1.93. The van der Waals surface area contributed by atoms with E-state index in [2.05, 4.69) is 10.2 Å². The Morgan fingerprint density at radius 1 is 1.56 bits per heavy atom. The number of thioether (sulfide) groups is 1. The molecular formula is C11H13N3O3S. The molecule has 0 aliphatic heterocycles. The number of hydrogen-bond donors (Lipinski definition) is 3. The van der Waals surface area contributed by atoms with Gasteiger partial charge in [0.05, 0.1) is 6.21 Å². The largest absolute Gasteiger partial charge is 0.506 e. The summed E-state index contributed by atoms with van der Waals surface area (Å²) in [4.78, 5) is 10.8. The molecule has 1 aromatic rings. The molecule has 0 heterocycles. The number of rotatable bonds is 4.